The van der Waals surface area contributed by atoms with Crippen LogP contribution in [-0.2, 0) is 11.3 Å². The maximum absolute atomic E-state index is 9.08. The van der Waals surface area contributed by atoms with Crippen LogP contribution in [0.15, 0.2) is 24.3 Å². The summed E-state index contributed by atoms with van der Waals surface area (Å²) in [5, 5.41) is 18.1. The molecule has 0 aliphatic heterocycles. The molecule has 0 unspecified atom stereocenters. The summed E-state index contributed by atoms with van der Waals surface area (Å²) in [6, 6.07) is 9.75. The molecule has 0 spiro atoms. The fraction of sp³-hybridized carbons (Fsp3) is 0.533. The van der Waals surface area contributed by atoms with Crippen molar-refractivity contribution in [3.63, 3.8) is 0 Å². The molecule has 2 rings (SSSR count). The van der Waals surface area contributed by atoms with Crippen LogP contribution in [0, 0.1) is 17.2 Å². The standard InChI is InChI=1S/C15H19NO2/c16-9-13-3-1-2-4-14(13)11-18-15-7-5-12(10-17)6-8-15/h1-4,12,15,17H,5-8,10-11H2. The van der Waals surface area contributed by atoms with Gasteiger partial charge in [-0.2, -0.15) is 5.26 Å². The highest BCUT2D eigenvalue weighted by atomic mass is 16.5. The second-order valence-corrected chi connectivity index (χ2v) is 4.91. The monoisotopic (exact) mass is 245 g/mol. The minimum absolute atomic E-state index is 0.277. The van der Waals surface area contributed by atoms with E-state index >= 15 is 0 Å². The Bertz CT molecular complexity index is 417. The van der Waals surface area contributed by atoms with Gasteiger partial charge >= 0.3 is 0 Å². The van der Waals surface area contributed by atoms with Crippen molar-refractivity contribution in [3.05, 3.63) is 35.4 Å². The number of benzene rings is 1. The molecular weight excluding hydrogens is 226 g/mol. The van der Waals surface area contributed by atoms with Crippen LogP contribution in [0.1, 0.15) is 36.8 Å². The summed E-state index contributed by atoms with van der Waals surface area (Å²) < 4.78 is 5.87. The van der Waals surface area contributed by atoms with Gasteiger partial charge in [-0.1, -0.05) is 18.2 Å². The maximum atomic E-state index is 9.08. The third-order valence-electron chi connectivity index (χ3n) is 3.66. The molecule has 0 amide bonds. The van der Waals surface area contributed by atoms with Crippen LogP contribution >= 0.6 is 0 Å². The summed E-state index contributed by atoms with van der Waals surface area (Å²) in [6.07, 6.45) is 4.39. The molecule has 1 fully saturated rings. The van der Waals surface area contributed by atoms with Crippen LogP contribution in [0.25, 0.3) is 0 Å². The Morgan fingerprint density at radius 3 is 2.61 bits per heavy atom. The summed E-state index contributed by atoms with van der Waals surface area (Å²) in [6.45, 7) is 0.808. The fourth-order valence-electron chi connectivity index (χ4n) is 2.44. The van der Waals surface area contributed by atoms with Gasteiger partial charge in [0.25, 0.3) is 0 Å². The zero-order valence-corrected chi connectivity index (χ0v) is 10.5. The molecule has 0 heterocycles. The lowest BCUT2D eigenvalue weighted by Crippen LogP contribution is -2.23. The van der Waals surface area contributed by atoms with Crippen molar-refractivity contribution >= 4 is 0 Å². The molecule has 3 nitrogen and oxygen atoms in total. The third kappa shape index (κ3) is 3.32. The summed E-state index contributed by atoms with van der Waals surface area (Å²) in [4.78, 5) is 0. The maximum Gasteiger partial charge on any atom is 0.0995 e. The van der Waals surface area contributed by atoms with Gasteiger partial charge in [-0.3, -0.25) is 0 Å². The van der Waals surface area contributed by atoms with Crippen LogP contribution in [0.3, 0.4) is 0 Å². The lowest BCUT2D eigenvalue weighted by molar-refractivity contribution is 0.00112. The SMILES string of the molecule is N#Cc1ccccc1COC1CCC(CO)CC1. The number of rotatable bonds is 4. The van der Waals surface area contributed by atoms with E-state index in [9.17, 15) is 0 Å². The van der Waals surface area contributed by atoms with Crippen LogP contribution in [0.4, 0.5) is 0 Å². The number of hydrogen-bond acceptors (Lipinski definition) is 3. The van der Waals surface area contributed by atoms with Crippen molar-refractivity contribution in [3.8, 4) is 6.07 Å². The first kappa shape index (κ1) is 13.1. The predicted octanol–water partition coefficient (Wildman–Crippen LogP) is 2.63. The van der Waals surface area contributed by atoms with Crippen LogP contribution < -0.4 is 0 Å². The van der Waals surface area contributed by atoms with Gasteiger partial charge in [-0.25, -0.2) is 0 Å². The summed E-state index contributed by atoms with van der Waals surface area (Å²) >= 11 is 0. The molecule has 1 aliphatic rings. The van der Waals surface area contributed by atoms with Crippen molar-refractivity contribution in [1.29, 1.82) is 5.26 Å². The van der Waals surface area contributed by atoms with Crippen molar-refractivity contribution in [1.82, 2.24) is 0 Å². The lowest BCUT2D eigenvalue weighted by Gasteiger charge is -2.27. The molecule has 18 heavy (non-hydrogen) atoms. The number of nitriles is 1. The topological polar surface area (TPSA) is 53.2 Å². The Labute approximate surface area is 108 Å². The van der Waals surface area contributed by atoms with E-state index in [1.807, 2.05) is 24.3 Å². The molecule has 1 aliphatic carbocycles. The normalized spacial score (nSPS) is 23.6. The van der Waals surface area contributed by atoms with Crippen molar-refractivity contribution < 1.29 is 9.84 Å². The molecule has 1 aromatic rings. The molecule has 0 atom stereocenters. The average Bonchev–Trinajstić information content (AvgIpc) is 2.46. The predicted molar refractivity (Wildman–Crippen MR) is 68.8 cm³/mol. The first-order chi connectivity index (χ1) is 8.83. The molecule has 1 saturated carbocycles. The van der Waals surface area contributed by atoms with Crippen LogP contribution in [-0.4, -0.2) is 17.8 Å². The van der Waals surface area contributed by atoms with E-state index < -0.39 is 0 Å². The number of aliphatic hydroxyl groups is 1. The number of hydrogen-bond donors (Lipinski definition) is 1. The quantitative estimate of drug-likeness (QED) is 0.887. The molecule has 0 aromatic heterocycles. The molecule has 1 N–H and O–H groups in total. The minimum Gasteiger partial charge on any atom is -0.396 e. The Hall–Kier alpha value is -1.37. The molecule has 0 radical (unpaired) electrons. The zero-order valence-electron chi connectivity index (χ0n) is 10.5. The molecular formula is C15H19NO2. The second-order valence-electron chi connectivity index (χ2n) is 4.91. The largest absolute Gasteiger partial charge is 0.396 e. The lowest BCUT2D eigenvalue weighted by atomic mass is 9.88. The van der Waals surface area contributed by atoms with E-state index in [1.165, 1.54) is 0 Å². The Balaban J connectivity index is 1.84. The number of ether oxygens (including phenoxy) is 1. The van der Waals surface area contributed by atoms with E-state index in [0.29, 0.717) is 24.7 Å². The van der Waals surface area contributed by atoms with Gasteiger partial charge in [0, 0.05) is 6.61 Å². The first-order valence-electron chi connectivity index (χ1n) is 6.54. The highest BCUT2D eigenvalue weighted by molar-refractivity contribution is 5.36. The molecule has 0 bridgehead atoms. The van der Waals surface area contributed by atoms with Gasteiger partial charge in [-0.05, 0) is 43.2 Å². The van der Waals surface area contributed by atoms with Gasteiger partial charge in [0.2, 0.25) is 0 Å². The molecule has 96 valence electrons. The Kier molecular flexibility index (Phi) is 4.74. The van der Waals surface area contributed by atoms with E-state index in [0.717, 1.165) is 31.2 Å². The van der Waals surface area contributed by atoms with Gasteiger partial charge in [0.05, 0.1) is 24.3 Å². The van der Waals surface area contributed by atoms with E-state index in [-0.39, 0.29) is 6.10 Å². The smallest absolute Gasteiger partial charge is 0.0995 e. The van der Waals surface area contributed by atoms with E-state index in [1.54, 1.807) is 0 Å². The first-order valence-corrected chi connectivity index (χ1v) is 6.54. The minimum atomic E-state index is 0.277. The van der Waals surface area contributed by atoms with Gasteiger partial charge in [-0.15, -0.1) is 0 Å². The number of nitrogens with zero attached hydrogens (tertiary/aromatic N) is 1. The van der Waals surface area contributed by atoms with Gasteiger partial charge in [0.15, 0.2) is 0 Å². The van der Waals surface area contributed by atoms with Gasteiger partial charge < -0.3 is 9.84 Å². The van der Waals surface area contributed by atoms with Crippen molar-refractivity contribution in [2.75, 3.05) is 6.61 Å². The molecule has 0 saturated heterocycles. The summed E-state index contributed by atoms with van der Waals surface area (Å²) in [5.74, 6) is 0.455. The summed E-state index contributed by atoms with van der Waals surface area (Å²) in [7, 11) is 0. The fourth-order valence-corrected chi connectivity index (χ4v) is 2.44. The Morgan fingerprint density at radius 2 is 1.94 bits per heavy atom. The van der Waals surface area contributed by atoms with Crippen LogP contribution in [0.2, 0.25) is 0 Å². The van der Waals surface area contributed by atoms with Crippen LogP contribution in [0.5, 0.6) is 0 Å². The molecule has 3 heteroatoms. The highest BCUT2D eigenvalue weighted by Gasteiger charge is 2.21. The zero-order chi connectivity index (χ0) is 12.8. The average molecular weight is 245 g/mol. The highest BCUT2D eigenvalue weighted by Crippen LogP contribution is 2.26. The molecule has 1 aromatic carbocycles. The Morgan fingerprint density at radius 1 is 1.22 bits per heavy atom. The third-order valence-corrected chi connectivity index (χ3v) is 3.66. The number of aliphatic hydroxyl groups excluding tert-OH is 1. The van der Waals surface area contributed by atoms with Crippen molar-refractivity contribution in [2.24, 2.45) is 5.92 Å². The van der Waals surface area contributed by atoms with E-state index in [4.69, 9.17) is 15.1 Å². The summed E-state index contributed by atoms with van der Waals surface area (Å²) in [5.41, 5.74) is 1.66. The second kappa shape index (κ2) is 6.53. The van der Waals surface area contributed by atoms with E-state index in [2.05, 4.69) is 6.07 Å². The van der Waals surface area contributed by atoms with Crippen molar-refractivity contribution in [2.45, 2.75) is 38.4 Å². The van der Waals surface area contributed by atoms with Gasteiger partial charge in [0.1, 0.15) is 0 Å².